The Balaban J connectivity index is 2.24. The van der Waals surface area contributed by atoms with E-state index in [4.69, 9.17) is 23.2 Å². The zero-order valence-electron chi connectivity index (χ0n) is 11.3. The van der Waals surface area contributed by atoms with E-state index in [-0.39, 0.29) is 0 Å². The maximum absolute atomic E-state index is 6.13. The van der Waals surface area contributed by atoms with Gasteiger partial charge in [0.1, 0.15) is 0 Å². The molecular weight excluding hydrogens is 303 g/mol. The van der Waals surface area contributed by atoms with Crippen LogP contribution in [0.5, 0.6) is 0 Å². The van der Waals surface area contributed by atoms with Crippen molar-refractivity contribution in [3.8, 4) is 22.4 Å². The van der Waals surface area contributed by atoms with Crippen molar-refractivity contribution < 1.29 is 0 Å². The Labute approximate surface area is 133 Å². The van der Waals surface area contributed by atoms with Crippen LogP contribution in [0.15, 0.2) is 54.7 Å². The van der Waals surface area contributed by atoms with Gasteiger partial charge < -0.3 is 0 Å². The lowest BCUT2D eigenvalue weighted by atomic mass is 9.95. The van der Waals surface area contributed by atoms with E-state index < -0.39 is 0 Å². The third kappa shape index (κ3) is 3.07. The summed E-state index contributed by atoms with van der Waals surface area (Å²) >= 11 is 12.3. The van der Waals surface area contributed by atoms with E-state index in [9.17, 15) is 0 Å². The molecule has 1 aromatic heterocycles. The van der Waals surface area contributed by atoms with Crippen LogP contribution >= 0.6 is 23.2 Å². The molecule has 0 spiro atoms. The van der Waals surface area contributed by atoms with E-state index in [2.05, 4.69) is 29.3 Å². The van der Waals surface area contributed by atoms with Crippen LogP contribution in [0.1, 0.15) is 5.56 Å². The normalized spacial score (nSPS) is 10.6. The Bertz CT molecular complexity index is 766. The lowest BCUT2D eigenvalue weighted by Crippen LogP contribution is -1.91. The van der Waals surface area contributed by atoms with E-state index in [1.54, 1.807) is 12.3 Å². The molecule has 0 radical (unpaired) electrons. The zero-order chi connectivity index (χ0) is 14.8. The minimum absolute atomic E-state index is 0.615. The molecule has 3 rings (SSSR count). The highest BCUT2D eigenvalue weighted by molar-refractivity contribution is 6.35. The summed E-state index contributed by atoms with van der Waals surface area (Å²) in [4.78, 5) is 0. The summed E-state index contributed by atoms with van der Waals surface area (Å²) < 4.78 is 0. The van der Waals surface area contributed by atoms with E-state index in [0.29, 0.717) is 10.0 Å². The molecule has 3 aromatic rings. The highest BCUT2D eigenvalue weighted by Crippen LogP contribution is 2.34. The summed E-state index contributed by atoms with van der Waals surface area (Å²) in [7, 11) is 0. The highest BCUT2D eigenvalue weighted by Gasteiger charge is 2.10. The smallest absolute Gasteiger partial charge is 0.0935 e. The molecule has 21 heavy (non-hydrogen) atoms. The van der Waals surface area contributed by atoms with Gasteiger partial charge in [-0.1, -0.05) is 47.0 Å². The van der Waals surface area contributed by atoms with Crippen molar-refractivity contribution in [1.82, 2.24) is 10.2 Å². The van der Waals surface area contributed by atoms with Gasteiger partial charge in [-0.25, -0.2) is 0 Å². The summed E-state index contributed by atoms with van der Waals surface area (Å²) in [5.74, 6) is 0. The SMILES string of the molecule is Cc1ccc(-c2cccnn2)c(-c2cc(Cl)cc(Cl)c2)c1. The predicted molar refractivity (Wildman–Crippen MR) is 87.7 cm³/mol. The molecule has 0 aliphatic heterocycles. The average molecular weight is 315 g/mol. The summed E-state index contributed by atoms with van der Waals surface area (Å²) in [6.45, 7) is 2.05. The molecule has 2 nitrogen and oxygen atoms in total. The van der Waals surface area contributed by atoms with E-state index in [1.165, 1.54) is 0 Å². The largest absolute Gasteiger partial charge is 0.159 e. The third-order valence-electron chi connectivity index (χ3n) is 3.20. The molecular formula is C17H12Cl2N2. The van der Waals surface area contributed by atoms with Gasteiger partial charge in [0.25, 0.3) is 0 Å². The number of nitrogens with zero attached hydrogens (tertiary/aromatic N) is 2. The summed E-state index contributed by atoms with van der Waals surface area (Å²) in [6, 6.07) is 15.5. The number of aryl methyl sites for hydroxylation is 1. The number of hydrogen-bond acceptors (Lipinski definition) is 2. The Hall–Kier alpha value is -1.90. The quantitative estimate of drug-likeness (QED) is 0.630. The summed E-state index contributed by atoms with van der Waals surface area (Å²) in [5, 5.41) is 9.37. The van der Waals surface area contributed by atoms with Gasteiger partial charge in [-0.3, -0.25) is 0 Å². The fourth-order valence-electron chi connectivity index (χ4n) is 2.27. The van der Waals surface area contributed by atoms with Crippen molar-refractivity contribution in [2.45, 2.75) is 6.92 Å². The number of rotatable bonds is 2. The minimum Gasteiger partial charge on any atom is -0.159 e. The van der Waals surface area contributed by atoms with Crippen LogP contribution in [-0.2, 0) is 0 Å². The molecule has 0 saturated carbocycles. The van der Waals surface area contributed by atoms with Crippen LogP contribution in [-0.4, -0.2) is 10.2 Å². The Morgan fingerprint density at radius 1 is 0.857 bits per heavy atom. The standard InChI is InChI=1S/C17H12Cl2N2/c1-11-4-5-15(17-3-2-6-20-21-17)16(7-11)12-8-13(18)10-14(19)9-12/h2-10H,1H3. The molecule has 0 aliphatic rings. The molecule has 0 unspecified atom stereocenters. The van der Waals surface area contributed by atoms with Gasteiger partial charge in [-0.2, -0.15) is 10.2 Å². The van der Waals surface area contributed by atoms with Crippen molar-refractivity contribution in [2.75, 3.05) is 0 Å². The van der Waals surface area contributed by atoms with Gasteiger partial charge in [-0.05, 0) is 48.4 Å². The summed E-state index contributed by atoms with van der Waals surface area (Å²) in [6.07, 6.45) is 1.66. The van der Waals surface area contributed by atoms with Crippen LogP contribution in [0, 0.1) is 6.92 Å². The molecule has 2 aromatic carbocycles. The first kappa shape index (κ1) is 14.1. The first-order chi connectivity index (χ1) is 10.1. The monoisotopic (exact) mass is 314 g/mol. The van der Waals surface area contributed by atoms with Gasteiger partial charge >= 0.3 is 0 Å². The first-order valence-electron chi connectivity index (χ1n) is 6.49. The highest BCUT2D eigenvalue weighted by atomic mass is 35.5. The Kier molecular flexibility index (Phi) is 3.91. The van der Waals surface area contributed by atoms with Gasteiger partial charge in [-0.15, -0.1) is 0 Å². The molecule has 0 bridgehead atoms. The molecule has 4 heteroatoms. The average Bonchev–Trinajstić information content (AvgIpc) is 2.47. The molecule has 1 heterocycles. The fourth-order valence-corrected chi connectivity index (χ4v) is 2.80. The number of benzene rings is 2. The summed E-state index contributed by atoms with van der Waals surface area (Å²) in [5.41, 5.74) is 5.00. The topological polar surface area (TPSA) is 25.8 Å². The maximum Gasteiger partial charge on any atom is 0.0935 e. The molecule has 0 aliphatic carbocycles. The van der Waals surface area contributed by atoms with E-state index >= 15 is 0 Å². The second-order valence-electron chi connectivity index (χ2n) is 4.82. The molecule has 104 valence electrons. The number of hydrogen-bond donors (Lipinski definition) is 0. The van der Waals surface area contributed by atoms with Crippen LogP contribution in [0.4, 0.5) is 0 Å². The molecule has 0 amide bonds. The van der Waals surface area contributed by atoms with Crippen molar-refractivity contribution >= 4 is 23.2 Å². The lowest BCUT2D eigenvalue weighted by molar-refractivity contribution is 1.04. The number of aromatic nitrogens is 2. The van der Waals surface area contributed by atoms with Crippen LogP contribution in [0.2, 0.25) is 10.0 Å². The van der Waals surface area contributed by atoms with E-state index in [0.717, 1.165) is 27.9 Å². The van der Waals surface area contributed by atoms with Gasteiger partial charge in [0.05, 0.1) is 5.69 Å². The number of halogens is 2. The predicted octanol–water partition coefficient (Wildman–Crippen LogP) is 5.43. The fraction of sp³-hybridized carbons (Fsp3) is 0.0588. The lowest BCUT2D eigenvalue weighted by Gasteiger charge is -2.11. The van der Waals surface area contributed by atoms with Crippen LogP contribution in [0.3, 0.4) is 0 Å². The maximum atomic E-state index is 6.13. The minimum atomic E-state index is 0.615. The van der Waals surface area contributed by atoms with Crippen molar-refractivity contribution in [3.63, 3.8) is 0 Å². The molecule has 0 saturated heterocycles. The second kappa shape index (κ2) is 5.84. The molecule has 0 atom stereocenters. The second-order valence-corrected chi connectivity index (χ2v) is 5.69. The third-order valence-corrected chi connectivity index (χ3v) is 3.63. The Morgan fingerprint density at radius 3 is 2.29 bits per heavy atom. The van der Waals surface area contributed by atoms with Crippen molar-refractivity contribution in [3.05, 3.63) is 70.3 Å². The van der Waals surface area contributed by atoms with Crippen LogP contribution < -0.4 is 0 Å². The van der Waals surface area contributed by atoms with Gasteiger partial charge in [0.2, 0.25) is 0 Å². The molecule has 0 N–H and O–H groups in total. The van der Waals surface area contributed by atoms with Crippen molar-refractivity contribution in [1.29, 1.82) is 0 Å². The first-order valence-corrected chi connectivity index (χ1v) is 7.24. The van der Waals surface area contributed by atoms with Crippen molar-refractivity contribution in [2.24, 2.45) is 0 Å². The zero-order valence-corrected chi connectivity index (χ0v) is 12.9. The van der Waals surface area contributed by atoms with E-state index in [1.807, 2.05) is 30.3 Å². The van der Waals surface area contributed by atoms with Crippen LogP contribution in [0.25, 0.3) is 22.4 Å². The molecule has 0 fully saturated rings. The van der Waals surface area contributed by atoms with Gasteiger partial charge in [0.15, 0.2) is 0 Å². The van der Waals surface area contributed by atoms with Gasteiger partial charge in [0, 0.05) is 21.8 Å². The Morgan fingerprint density at radius 2 is 1.62 bits per heavy atom.